The minimum atomic E-state index is -0.230. The Morgan fingerprint density at radius 1 is 1.29 bits per heavy atom. The summed E-state index contributed by atoms with van der Waals surface area (Å²) in [6.07, 6.45) is 0. The van der Waals surface area contributed by atoms with Gasteiger partial charge in [0.15, 0.2) is 0 Å². The van der Waals surface area contributed by atoms with Gasteiger partial charge in [0, 0.05) is 3.57 Å². The summed E-state index contributed by atoms with van der Waals surface area (Å²) < 4.78 is 19.5. The van der Waals surface area contributed by atoms with E-state index in [-0.39, 0.29) is 11.9 Å². The Labute approximate surface area is 142 Å². The standard InChI is InChI=1S/C16H16ClFINO/c1-3-20-16(12-6-5-11(18)9-14(12)19)10-4-7-13(17)15(8-10)21-2/h4-9,16,20H,3H2,1-2H3. The summed E-state index contributed by atoms with van der Waals surface area (Å²) in [6, 6.07) is 10.5. The third-order valence-corrected chi connectivity index (χ3v) is 4.44. The second-order valence-electron chi connectivity index (χ2n) is 4.55. The van der Waals surface area contributed by atoms with E-state index in [1.54, 1.807) is 7.11 Å². The van der Waals surface area contributed by atoms with Crippen molar-refractivity contribution in [3.05, 3.63) is 61.9 Å². The van der Waals surface area contributed by atoms with Gasteiger partial charge in [-0.25, -0.2) is 4.39 Å². The van der Waals surface area contributed by atoms with Gasteiger partial charge < -0.3 is 10.1 Å². The van der Waals surface area contributed by atoms with Crippen LogP contribution in [0.3, 0.4) is 0 Å². The fourth-order valence-electron chi connectivity index (χ4n) is 2.20. The number of benzene rings is 2. The SMILES string of the molecule is CCNC(c1ccc(Cl)c(OC)c1)c1ccc(F)cc1I. The second kappa shape index (κ2) is 7.42. The molecule has 112 valence electrons. The van der Waals surface area contributed by atoms with Gasteiger partial charge in [0.1, 0.15) is 11.6 Å². The average Bonchev–Trinajstić information content (AvgIpc) is 2.46. The topological polar surface area (TPSA) is 21.3 Å². The van der Waals surface area contributed by atoms with E-state index in [2.05, 4.69) is 27.9 Å². The quantitative estimate of drug-likeness (QED) is 0.704. The molecule has 2 rings (SSSR count). The minimum absolute atomic E-state index is 0.0336. The first-order valence-corrected chi connectivity index (χ1v) is 8.04. The summed E-state index contributed by atoms with van der Waals surface area (Å²) in [5.74, 6) is 0.404. The monoisotopic (exact) mass is 419 g/mol. The van der Waals surface area contributed by atoms with E-state index in [9.17, 15) is 4.39 Å². The van der Waals surface area contributed by atoms with Crippen molar-refractivity contribution in [2.75, 3.05) is 13.7 Å². The molecule has 5 heteroatoms. The first-order chi connectivity index (χ1) is 10.1. The Kier molecular flexibility index (Phi) is 5.84. The van der Waals surface area contributed by atoms with Crippen LogP contribution in [0.15, 0.2) is 36.4 Å². The molecule has 2 nitrogen and oxygen atoms in total. The van der Waals surface area contributed by atoms with Crippen LogP contribution in [0, 0.1) is 9.39 Å². The van der Waals surface area contributed by atoms with Crippen LogP contribution in [0.1, 0.15) is 24.1 Å². The highest BCUT2D eigenvalue weighted by Gasteiger charge is 2.17. The van der Waals surface area contributed by atoms with Crippen LogP contribution >= 0.6 is 34.2 Å². The van der Waals surface area contributed by atoms with Crippen molar-refractivity contribution in [2.45, 2.75) is 13.0 Å². The highest BCUT2D eigenvalue weighted by atomic mass is 127. The smallest absolute Gasteiger partial charge is 0.137 e. The van der Waals surface area contributed by atoms with Gasteiger partial charge in [-0.3, -0.25) is 0 Å². The Balaban J connectivity index is 2.47. The van der Waals surface area contributed by atoms with Crippen molar-refractivity contribution in [1.29, 1.82) is 0 Å². The van der Waals surface area contributed by atoms with Crippen LogP contribution in [0.25, 0.3) is 0 Å². The molecule has 2 aromatic carbocycles. The molecule has 1 N–H and O–H groups in total. The van der Waals surface area contributed by atoms with Crippen molar-refractivity contribution in [2.24, 2.45) is 0 Å². The minimum Gasteiger partial charge on any atom is -0.495 e. The zero-order chi connectivity index (χ0) is 15.4. The molecule has 0 aliphatic rings. The maximum atomic E-state index is 13.3. The second-order valence-corrected chi connectivity index (χ2v) is 6.12. The van der Waals surface area contributed by atoms with E-state index in [0.29, 0.717) is 10.8 Å². The molecule has 21 heavy (non-hydrogen) atoms. The number of rotatable bonds is 5. The maximum absolute atomic E-state index is 13.3. The van der Waals surface area contributed by atoms with E-state index < -0.39 is 0 Å². The van der Waals surface area contributed by atoms with Crippen molar-refractivity contribution >= 4 is 34.2 Å². The Bertz CT molecular complexity index is 636. The van der Waals surface area contributed by atoms with E-state index in [4.69, 9.17) is 16.3 Å². The molecule has 0 spiro atoms. The molecule has 0 aromatic heterocycles. The number of halogens is 3. The summed E-state index contributed by atoms with van der Waals surface area (Å²) in [7, 11) is 1.59. The molecule has 1 atom stereocenters. The van der Waals surface area contributed by atoms with Crippen molar-refractivity contribution in [3.8, 4) is 5.75 Å². The summed E-state index contributed by atoms with van der Waals surface area (Å²) >= 11 is 8.23. The third kappa shape index (κ3) is 3.87. The molecule has 0 saturated heterocycles. The summed E-state index contributed by atoms with van der Waals surface area (Å²) in [5, 5.41) is 3.99. The number of methoxy groups -OCH3 is 1. The van der Waals surface area contributed by atoms with Crippen LogP contribution < -0.4 is 10.1 Å². The van der Waals surface area contributed by atoms with Crippen LogP contribution in [-0.2, 0) is 0 Å². The predicted octanol–water partition coefficient (Wildman–Crippen LogP) is 4.79. The van der Waals surface area contributed by atoms with Crippen LogP contribution in [-0.4, -0.2) is 13.7 Å². The van der Waals surface area contributed by atoms with Crippen molar-refractivity contribution < 1.29 is 9.13 Å². The first-order valence-electron chi connectivity index (χ1n) is 6.58. The Hall–Kier alpha value is -0.850. The van der Waals surface area contributed by atoms with Gasteiger partial charge in [0.25, 0.3) is 0 Å². The molecule has 0 saturated carbocycles. The molecule has 1 unspecified atom stereocenters. The lowest BCUT2D eigenvalue weighted by Crippen LogP contribution is -2.23. The van der Waals surface area contributed by atoms with Gasteiger partial charge in [-0.2, -0.15) is 0 Å². The molecule has 0 bridgehead atoms. The third-order valence-electron chi connectivity index (χ3n) is 3.19. The molecular formula is C16H16ClFINO. The van der Waals surface area contributed by atoms with E-state index in [1.807, 2.05) is 31.2 Å². The van der Waals surface area contributed by atoms with Gasteiger partial charge in [-0.05, 0) is 64.5 Å². The lowest BCUT2D eigenvalue weighted by molar-refractivity contribution is 0.414. The Morgan fingerprint density at radius 2 is 2.05 bits per heavy atom. The summed E-state index contributed by atoms with van der Waals surface area (Å²) in [4.78, 5) is 0. The Morgan fingerprint density at radius 3 is 2.67 bits per heavy atom. The normalized spacial score (nSPS) is 12.2. The molecule has 0 fully saturated rings. The van der Waals surface area contributed by atoms with Gasteiger partial charge in [0.2, 0.25) is 0 Å². The van der Waals surface area contributed by atoms with Crippen molar-refractivity contribution in [3.63, 3.8) is 0 Å². The van der Waals surface area contributed by atoms with Gasteiger partial charge >= 0.3 is 0 Å². The van der Waals surface area contributed by atoms with Gasteiger partial charge in [-0.15, -0.1) is 0 Å². The molecule has 0 aliphatic carbocycles. The van der Waals surface area contributed by atoms with Gasteiger partial charge in [0.05, 0.1) is 18.2 Å². The van der Waals surface area contributed by atoms with Crippen LogP contribution in [0.4, 0.5) is 4.39 Å². The molecule has 0 radical (unpaired) electrons. The fraction of sp³-hybridized carbons (Fsp3) is 0.250. The number of nitrogens with one attached hydrogen (secondary N) is 1. The number of hydrogen-bond donors (Lipinski definition) is 1. The van der Waals surface area contributed by atoms with Gasteiger partial charge in [-0.1, -0.05) is 30.7 Å². The predicted molar refractivity (Wildman–Crippen MR) is 92.6 cm³/mol. The van der Waals surface area contributed by atoms with Crippen LogP contribution in [0.2, 0.25) is 5.02 Å². The lowest BCUT2D eigenvalue weighted by Gasteiger charge is -2.21. The molecular weight excluding hydrogens is 404 g/mol. The number of hydrogen-bond acceptors (Lipinski definition) is 2. The van der Waals surface area contributed by atoms with Crippen molar-refractivity contribution in [1.82, 2.24) is 5.32 Å². The maximum Gasteiger partial charge on any atom is 0.137 e. The molecule has 0 heterocycles. The van der Waals surface area contributed by atoms with E-state index in [0.717, 1.165) is 21.2 Å². The van der Waals surface area contributed by atoms with E-state index in [1.165, 1.54) is 12.1 Å². The fourth-order valence-corrected chi connectivity index (χ4v) is 3.19. The summed E-state index contributed by atoms with van der Waals surface area (Å²) in [5.41, 5.74) is 2.06. The van der Waals surface area contributed by atoms with Crippen LogP contribution in [0.5, 0.6) is 5.75 Å². The largest absolute Gasteiger partial charge is 0.495 e. The molecule has 2 aromatic rings. The average molecular weight is 420 g/mol. The highest BCUT2D eigenvalue weighted by Crippen LogP contribution is 2.32. The zero-order valence-corrected chi connectivity index (χ0v) is 14.7. The molecule has 0 aliphatic heterocycles. The zero-order valence-electron chi connectivity index (χ0n) is 11.8. The summed E-state index contributed by atoms with van der Waals surface area (Å²) in [6.45, 7) is 2.83. The first kappa shape index (κ1) is 16.5. The number of ether oxygens (including phenoxy) is 1. The highest BCUT2D eigenvalue weighted by molar-refractivity contribution is 14.1. The lowest BCUT2D eigenvalue weighted by atomic mass is 9.98. The molecule has 0 amide bonds. The van der Waals surface area contributed by atoms with E-state index >= 15 is 0 Å².